The molecule has 1 saturated heterocycles. The van der Waals surface area contributed by atoms with Crippen LogP contribution in [0.4, 0.5) is 0 Å². The molecule has 2 heterocycles. The standard InChI is InChI=1S/C35H32Cl3N5O4S/c1-22-30(21-48-34-40-41-42-43(34)29-8-3-2-4-9-29)46-32(47-31(22)26-12-10-23(20-44)11-13-26)27-16-14-25(15-17-27)28-7-5-6-24(18-28)19-39-33(45)35(36,37)38/h2-18,22,30-32,44H,19-21H2,1H3,(H,39,45). The number of benzene rings is 4. The van der Waals surface area contributed by atoms with Crippen molar-refractivity contribution in [2.45, 2.75) is 47.5 Å². The van der Waals surface area contributed by atoms with Crippen molar-refractivity contribution in [3.8, 4) is 16.8 Å². The molecule has 6 rings (SSSR count). The number of thioether (sulfide) groups is 1. The van der Waals surface area contributed by atoms with Crippen LogP contribution in [0.3, 0.4) is 0 Å². The lowest BCUT2D eigenvalue weighted by Gasteiger charge is -2.41. The van der Waals surface area contributed by atoms with Crippen LogP contribution in [0.5, 0.6) is 0 Å². The highest BCUT2D eigenvalue weighted by atomic mass is 35.6. The molecular weight excluding hydrogens is 693 g/mol. The minimum Gasteiger partial charge on any atom is -0.392 e. The molecule has 0 saturated carbocycles. The lowest BCUT2D eigenvalue weighted by Crippen LogP contribution is -2.38. The van der Waals surface area contributed by atoms with Crippen LogP contribution >= 0.6 is 46.6 Å². The summed E-state index contributed by atoms with van der Waals surface area (Å²) < 4.78 is 13.0. The summed E-state index contributed by atoms with van der Waals surface area (Å²) in [5, 5.41) is 25.3. The monoisotopic (exact) mass is 723 g/mol. The van der Waals surface area contributed by atoms with Crippen molar-refractivity contribution in [3.63, 3.8) is 0 Å². The highest BCUT2D eigenvalue weighted by molar-refractivity contribution is 7.99. The molecule has 2 N–H and O–H groups in total. The van der Waals surface area contributed by atoms with Gasteiger partial charge >= 0.3 is 0 Å². The van der Waals surface area contributed by atoms with Crippen molar-refractivity contribution in [2.75, 3.05) is 5.75 Å². The van der Waals surface area contributed by atoms with E-state index in [4.69, 9.17) is 44.3 Å². The molecule has 1 fully saturated rings. The molecule has 1 aliphatic heterocycles. The lowest BCUT2D eigenvalue weighted by molar-refractivity contribution is -0.268. The van der Waals surface area contributed by atoms with E-state index in [-0.39, 0.29) is 31.3 Å². The van der Waals surface area contributed by atoms with E-state index in [9.17, 15) is 9.90 Å². The number of nitrogens with one attached hydrogen (secondary N) is 1. The molecule has 4 unspecified atom stereocenters. The molecule has 0 radical (unpaired) electrons. The quantitative estimate of drug-likeness (QED) is 0.113. The van der Waals surface area contributed by atoms with E-state index < -0.39 is 16.0 Å². The summed E-state index contributed by atoms with van der Waals surface area (Å²) in [5.74, 6) is -0.0870. The zero-order valence-electron chi connectivity index (χ0n) is 25.7. The maximum atomic E-state index is 12.0. The Balaban J connectivity index is 1.21. The number of nitrogens with zero attached hydrogens (tertiary/aromatic N) is 4. The average molecular weight is 725 g/mol. The number of alkyl halides is 3. The van der Waals surface area contributed by atoms with Crippen molar-refractivity contribution in [1.29, 1.82) is 0 Å². The largest absolute Gasteiger partial charge is 0.392 e. The van der Waals surface area contributed by atoms with Gasteiger partial charge in [0.1, 0.15) is 0 Å². The number of hydrogen-bond acceptors (Lipinski definition) is 8. The molecule has 0 bridgehead atoms. The average Bonchev–Trinajstić information content (AvgIpc) is 3.59. The van der Waals surface area contributed by atoms with Crippen LogP contribution in [-0.2, 0) is 27.4 Å². The van der Waals surface area contributed by atoms with Gasteiger partial charge in [0.2, 0.25) is 5.16 Å². The molecule has 4 aromatic carbocycles. The second kappa shape index (κ2) is 15.4. The van der Waals surface area contributed by atoms with Gasteiger partial charge in [0.25, 0.3) is 9.70 Å². The van der Waals surface area contributed by atoms with Gasteiger partial charge in [-0.2, -0.15) is 4.68 Å². The van der Waals surface area contributed by atoms with Crippen LogP contribution in [0.1, 0.15) is 41.6 Å². The number of aliphatic hydroxyl groups excluding tert-OH is 1. The zero-order chi connectivity index (χ0) is 33.7. The van der Waals surface area contributed by atoms with Gasteiger partial charge in [-0.05, 0) is 56.4 Å². The van der Waals surface area contributed by atoms with Gasteiger partial charge in [-0.3, -0.25) is 4.79 Å². The SMILES string of the molecule is CC1C(CSc2nnnn2-c2ccccc2)OC(c2ccc(-c3cccc(CNC(=O)C(Cl)(Cl)Cl)c3)cc2)OC1c1ccc(CO)cc1. The molecule has 5 aromatic rings. The Kier molecular flexibility index (Phi) is 11.0. The Labute approximate surface area is 297 Å². The fourth-order valence-corrected chi connectivity index (χ4v) is 6.70. The van der Waals surface area contributed by atoms with Crippen LogP contribution in [0, 0.1) is 5.92 Å². The molecule has 0 aliphatic carbocycles. The third-order valence-corrected chi connectivity index (χ3v) is 9.62. The van der Waals surface area contributed by atoms with E-state index in [0.29, 0.717) is 10.9 Å². The van der Waals surface area contributed by atoms with Crippen molar-refractivity contribution < 1.29 is 19.4 Å². The number of tetrazole rings is 1. The molecule has 1 amide bonds. The second-order valence-corrected chi connectivity index (χ2v) is 14.6. The van der Waals surface area contributed by atoms with E-state index in [1.807, 2.05) is 103 Å². The van der Waals surface area contributed by atoms with Crippen molar-refractivity contribution in [2.24, 2.45) is 5.92 Å². The fraction of sp³-hybridized carbons (Fsp3) is 0.257. The first-order valence-corrected chi connectivity index (χ1v) is 17.3. The third kappa shape index (κ3) is 8.20. The number of aromatic nitrogens is 4. The van der Waals surface area contributed by atoms with E-state index >= 15 is 0 Å². The van der Waals surface area contributed by atoms with E-state index in [2.05, 4.69) is 27.8 Å². The number of ether oxygens (including phenoxy) is 2. The molecule has 0 spiro atoms. The molecule has 13 heteroatoms. The van der Waals surface area contributed by atoms with Crippen LogP contribution in [0.25, 0.3) is 16.8 Å². The van der Waals surface area contributed by atoms with E-state index in [0.717, 1.165) is 39.1 Å². The van der Waals surface area contributed by atoms with Crippen LogP contribution in [0.15, 0.2) is 108 Å². The third-order valence-electron chi connectivity index (χ3n) is 8.10. The van der Waals surface area contributed by atoms with Gasteiger partial charge in [-0.25, -0.2) is 0 Å². The molecule has 9 nitrogen and oxygen atoms in total. The topological polar surface area (TPSA) is 111 Å². The Bertz CT molecular complexity index is 1820. The highest BCUT2D eigenvalue weighted by Gasteiger charge is 2.38. The first kappa shape index (κ1) is 34.4. The molecule has 48 heavy (non-hydrogen) atoms. The maximum absolute atomic E-state index is 12.0. The van der Waals surface area contributed by atoms with E-state index in [1.165, 1.54) is 11.8 Å². The number of amides is 1. The number of aliphatic hydroxyl groups is 1. The molecular formula is C35H32Cl3N5O4S. The minimum absolute atomic E-state index is 0.00106. The first-order chi connectivity index (χ1) is 23.2. The Morgan fingerprint density at radius 1 is 0.896 bits per heavy atom. The van der Waals surface area contributed by atoms with Gasteiger partial charge in [-0.1, -0.05) is 138 Å². The summed E-state index contributed by atoms with van der Waals surface area (Å²) in [7, 11) is 0. The molecule has 248 valence electrons. The van der Waals surface area contributed by atoms with Crippen LogP contribution in [0.2, 0.25) is 0 Å². The van der Waals surface area contributed by atoms with Gasteiger partial charge in [-0.15, -0.1) is 5.10 Å². The number of rotatable bonds is 10. The van der Waals surface area contributed by atoms with Crippen molar-refractivity contribution >= 4 is 52.5 Å². The fourth-order valence-electron chi connectivity index (χ4n) is 5.44. The zero-order valence-corrected chi connectivity index (χ0v) is 28.8. The maximum Gasteiger partial charge on any atom is 0.272 e. The highest BCUT2D eigenvalue weighted by Crippen LogP contribution is 2.43. The number of halogens is 3. The number of carbonyl (C=O) groups is 1. The Hall–Kier alpha value is -3.48. The summed E-state index contributed by atoms with van der Waals surface area (Å²) in [6, 6.07) is 33.4. The van der Waals surface area contributed by atoms with Crippen molar-refractivity contribution in [3.05, 3.63) is 125 Å². The van der Waals surface area contributed by atoms with Crippen LogP contribution in [-0.4, -0.2) is 46.9 Å². The molecule has 4 atom stereocenters. The van der Waals surface area contributed by atoms with Gasteiger partial charge < -0.3 is 19.9 Å². The second-order valence-electron chi connectivity index (χ2n) is 11.3. The van der Waals surface area contributed by atoms with Crippen LogP contribution < -0.4 is 5.32 Å². The summed E-state index contributed by atoms with van der Waals surface area (Å²) in [4.78, 5) is 12.0. The number of carbonyl (C=O) groups excluding carboxylic acids is 1. The predicted octanol–water partition coefficient (Wildman–Crippen LogP) is 7.39. The van der Waals surface area contributed by atoms with Gasteiger partial charge in [0, 0.05) is 23.8 Å². The normalized spacial score (nSPS) is 19.6. The number of hydrogen-bond donors (Lipinski definition) is 2. The summed E-state index contributed by atoms with van der Waals surface area (Å²) in [6.45, 7) is 2.32. The number of para-hydroxylation sites is 1. The van der Waals surface area contributed by atoms with E-state index in [1.54, 1.807) is 4.68 Å². The summed E-state index contributed by atoms with van der Waals surface area (Å²) in [6.07, 6.45) is -1.08. The Morgan fingerprint density at radius 3 is 2.33 bits per heavy atom. The van der Waals surface area contributed by atoms with Gasteiger partial charge in [0.15, 0.2) is 6.29 Å². The predicted molar refractivity (Wildman–Crippen MR) is 187 cm³/mol. The van der Waals surface area contributed by atoms with Crippen molar-refractivity contribution in [1.82, 2.24) is 25.5 Å². The molecule has 1 aromatic heterocycles. The van der Waals surface area contributed by atoms with Gasteiger partial charge in [0.05, 0.1) is 24.5 Å². The summed E-state index contributed by atoms with van der Waals surface area (Å²) in [5.41, 5.74) is 6.40. The minimum atomic E-state index is -2.02. The Morgan fingerprint density at radius 2 is 1.62 bits per heavy atom. The molecule has 1 aliphatic rings. The lowest BCUT2D eigenvalue weighted by atomic mass is 9.91. The first-order valence-electron chi connectivity index (χ1n) is 15.2. The smallest absolute Gasteiger partial charge is 0.272 e. The summed E-state index contributed by atoms with van der Waals surface area (Å²) >= 11 is 18.6.